The minimum absolute atomic E-state index is 0. The number of nitrogens with one attached hydrogen (secondary N) is 1. The average molecular weight is 465 g/mol. The third-order valence-electron chi connectivity index (χ3n) is 4.16. The summed E-state index contributed by atoms with van der Waals surface area (Å²) in [5.41, 5.74) is 0.314. The largest absolute Gasteiger partial charge is 0.356 e. The Labute approximate surface area is 162 Å². The van der Waals surface area contributed by atoms with Crippen LogP contribution in [0.4, 0.5) is 0 Å². The first-order chi connectivity index (χ1) is 10.8. The molecule has 1 N–H and O–H groups in total. The van der Waals surface area contributed by atoms with Crippen LogP contribution in [0, 0.1) is 5.41 Å². The van der Waals surface area contributed by atoms with Gasteiger partial charge in [-0.1, -0.05) is 32.0 Å². The van der Waals surface area contributed by atoms with E-state index >= 15 is 0 Å². The molecule has 2 rings (SSSR count). The molecular weight excluding hydrogens is 437 g/mol. The lowest BCUT2D eigenvalue weighted by atomic mass is 9.93. The Morgan fingerprint density at radius 2 is 1.96 bits per heavy atom. The minimum atomic E-state index is -3.20. The molecule has 0 amide bonds. The summed E-state index contributed by atoms with van der Waals surface area (Å²) in [4.78, 5) is 6.95. The molecule has 0 aliphatic carbocycles. The van der Waals surface area contributed by atoms with E-state index in [1.54, 1.807) is 31.3 Å². The highest BCUT2D eigenvalue weighted by Gasteiger charge is 2.30. The number of nitrogens with zero attached hydrogens (tertiary/aromatic N) is 2. The number of likely N-dealkylation sites (tertiary alicyclic amines) is 1. The summed E-state index contributed by atoms with van der Waals surface area (Å²) in [6, 6.07) is 8.62. The zero-order valence-electron chi connectivity index (χ0n) is 14.7. The lowest BCUT2D eigenvalue weighted by Gasteiger charge is -2.23. The zero-order valence-corrected chi connectivity index (χ0v) is 17.8. The molecule has 24 heavy (non-hydrogen) atoms. The number of hydrogen-bond donors (Lipinski definition) is 1. The van der Waals surface area contributed by atoms with Gasteiger partial charge in [-0.15, -0.1) is 24.0 Å². The molecule has 7 heteroatoms. The standard InChI is InChI=1S/C17H27N3O2S.HI/c1-17(2)10-12-20(14-17)16(18-3)19-11-7-13-23(21,22)15-8-5-4-6-9-15;/h4-6,8-9H,7,10-14H2,1-3H3,(H,18,19);1H. The van der Waals surface area contributed by atoms with E-state index < -0.39 is 9.84 Å². The SMILES string of the molecule is CN=C(NCCCS(=O)(=O)c1ccccc1)N1CCC(C)(C)C1.I. The van der Waals surface area contributed by atoms with Crippen molar-refractivity contribution in [2.45, 2.75) is 31.6 Å². The maximum absolute atomic E-state index is 12.2. The molecule has 0 atom stereocenters. The maximum atomic E-state index is 12.2. The van der Waals surface area contributed by atoms with Gasteiger partial charge in [-0.2, -0.15) is 0 Å². The van der Waals surface area contributed by atoms with Crippen molar-refractivity contribution in [1.29, 1.82) is 0 Å². The normalized spacial score (nSPS) is 17.5. The number of sulfone groups is 1. The third kappa shape index (κ3) is 5.91. The van der Waals surface area contributed by atoms with E-state index in [9.17, 15) is 8.42 Å². The Balaban J connectivity index is 0.00000288. The number of guanidine groups is 1. The van der Waals surface area contributed by atoms with E-state index in [4.69, 9.17) is 0 Å². The highest BCUT2D eigenvalue weighted by Crippen LogP contribution is 2.28. The first-order valence-electron chi connectivity index (χ1n) is 8.07. The zero-order chi connectivity index (χ0) is 16.9. The molecule has 1 aliphatic rings. The van der Waals surface area contributed by atoms with Crippen molar-refractivity contribution in [3.63, 3.8) is 0 Å². The molecule has 5 nitrogen and oxygen atoms in total. The molecule has 0 radical (unpaired) electrons. The summed E-state index contributed by atoms with van der Waals surface area (Å²) >= 11 is 0. The van der Waals surface area contributed by atoms with Crippen molar-refractivity contribution in [3.8, 4) is 0 Å². The van der Waals surface area contributed by atoms with Crippen molar-refractivity contribution in [2.24, 2.45) is 10.4 Å². The van der Waals surface area contributed by atoms with Gasteiger partial charge in [0.25, 0.3) is 0 Å². The van der Waals surface area contributed by atoms with Gasteiger partial charge in [0.05, 0.1) is 10.6 Å². The van der Waals surface area contributed by atoms with Gasteiger partial charge >= 0.3 is 0 Å². The fraction of sp³-hybridized carbons (Fsp3) is 0.588. The topological polar surface area (TPSA) is 61.8 Å². The van der Waals surface area contributed by atoms with Gasteiger partial charge < -0.3 is 10.2 Å². The molecule has 0 unspecified atom stereocenters. The van der Waals surface area contributed by atoms with Gasteiger partial charge in [-0.25, -0.2) is 8.42 Å². The number of aliphatic imine (C=N–C) groups is 1. The molecular formula is C17H28IN3O2S. The highest BCUT2D eigenvalue weighted by molar-refractivity contribution is 14.0. The van der Waals surface area contributed by atoms with Crippen molar-refractivity contribution in [1.82, 2.24) is 10.2 Å². The van der Waals surface area contributed by atoms with Crippen molar-refractivity contribution in [3.05, 3.63) is 30.3 Å². The summed E-state index contributed by atoms with van der Waals surface area (Å²) in [5.74, 6) is 1.01. The molecule has 1 fully saturated rings. The van der Waals surface area contributed by atoms with E-state index in [1.165, 1.54) is 0 Å². The molecule has 0 spiro atoms. The van der Waals surface area contributed by atoms with Crippen LogP contribution in [0.25, 0.3) is 0 Å². The summed E-state index contributed by atoms with van der Waals surface area (Å²) in [5, 5.41) is 3.28. The predicted molar refractivity (Wildman–Crippen MR) is 110 cm³/mol. The fourth-order valence-electron chi connectivity index (χ4n) is 2.83. The van der Waals surface area contributed by atoms with E-state index in [2.05, 4.69) is 29.1 Å². The second kappa shape index (κ2) is 9.03. The number of hydrogen-bond acceptors (Lipinski definition) is 3. The Morgan fingerprint density at radius 3 is 2.50 bits per heavy atom. The molecule has 1 heterocycles. The number of halogens is 1. The quantitative estimate of drug-likeness (QED) is 0.315. The minimum Gasteiger partial charge on any atom is -0.356 e. The molecule has 0 bridgehead atoms. The Bertz CT molecular complexity index is 645. The molecule has 0 aromatic heterocycles. The summed E-state index contributed by atoms with van der Waals surface area (Å²) in [7, 11) is -1.42. The lowest BCUT2D eigenvalue weighted by molar-refractivity contribution is 0.370. The number of benzene rings is 1. The first kappa shape index (κ1) is 21.2. The fourth-order valence-corrected chi connectivity index (χ4v) is 4.17. The summed E-state index contributed by atoms with van der Waals surface area (Å²) < 4.78 is 24.4. The Kier molecular flexibility index (Phi) is 7.98. The lowest BCUT2D eigenvalue weighted by Crippen LogP contribution is -2.41. The summed E-state index contributed by atoms with van der Waals surface area (Å²) in [6.45, 7) is 7.10. The molecule has 1 aromatic rings. The number of rotatable bonds is 5. The maximum Gasteiger partial charge on any atom is 0.193 e. The van der Waals surface area contributed by atoms with Crippen LogP contribution in [0.3, 0.4) is 0 Å². The second-order valence-electron chi connectivity index (χ2n) is 6.80. The average Bonchev–Trinajstić information content (AvgIpc) is 2.88. The van der Waals surface area contributed by atoms with Crippen molar-refractivity contribution in [2.75, 3.05) is 32.4 Å². The van der Waals surface area contributed by atoms with Crippen LogP contribution in [0.1, 0.15) is 26.7 Å². The van der Waals surface area contributed by atoms with Crippen LogP contribution in [-0.4, -0.2) is 51.7 Å². The third-order valence-corrected chi connectivity index (χ3v) is 5.98. The predicted octanol–water partition coefficient (Wildman–Crippen LogP) is 2.78. The highest BCUT2D eigenvalue weighted by atomic mass is 127. The van der Waals surface area contributed by atoms with Gasteiger partial charge in [-0.05, 0) is 30.4 Å². The van der Waals surface area contributed by atoms with Gasteiger partial charge in [0.15, 0.2) is 15.8 Å². The monoisotopic (exact) mass is 465 g/mol. The van der Waals surface area contributed by atoms with Crippen LogP contribution in [-0.2, 0) is 9.84 Å². The van der Waals surface area contributed by atoms with Crippen LogP contribution in [0.5, 0.6) is 0 Å². The molecule has 1 saturated heterocycles. The molecule has 1 aromatic carbocycles. The van der Waals surface area contributed by atoms with Crippen molar-refractivity contribution < 1.29 is 8.42 Å². The summed E-state index contributed by atoms with van der Waals surface area (Å²) in [6.07, 6.45) is 1.71. The Morgan fingerprint density at radius 1 is 1.29 bits per heavy atom. The van der Waals surface area contributed by atoms with Gasteiger partial charge in [-0.3, -0.25) is 4.99 Å². The van der Waals surface area contributed by atoms with Gasteiger partial charge in [0.2, 0.25) is 0 Å². The van der Waals surface area contributed by atoms with E-state index in [-0.39, 0.29) is 29.7 Å². The van der Waals surface area contributed by atoms with Crippen molar-refractivity contribution >= 4 is 39.8 Å². The van der Waals surface area contributed by atoms with E-state index in [1.807, 2.05) is 6.07 Å². The van der Waals surface area contributed by atoms with E-state index in [0.717, 1.165) is 25.5 Å². The van der Waals surface area contributed by atoms with Crippen LogP contribution >= 0.6 is 24.0 Å². The van der Waals surface area contributed by atoms with Crippen LogP contribution in [0.15, 0.2) is 40.2 Å². The molecule has 0 saturated carbocycles. The van der Waals surface area contributed by atoms with Gasteiger partial charge in [0.1, 0.15) is 0 Å². The van der Waals surface area contributed by atoms with Gasteiger partial charge in [0, 0.05) is 26.7 Å². The Hall–Kier alpha value is -0.830. The molecule has 136 valence electrons. The van der Waals surface area contributed by atoms with Crippen LogP contribution < -0.4 is 5.32 Å². The van der Waals surface area contributed by atoms with E-state index in [0.29, 0.717) is 23.3 Å². The second-order valence-corrected chi connectivity index (χ2v) is 8.90. The van der Waals surface area contributed by atoms with Crippen LogP contribution in [0.2, 0.25) is 0 Å². The smallest absolute Gasteiger partial charge is 0.193 e. The first-order valence-corrected chi connectivity index (χ1v) is 9.73. The molecule has 1 aliphatic heterocycles.